The maximum Gasteiger partial charge on any atom is 0.245 e. The molecule has 4 heteroatoms. The van der Waals surface area contributed by atoms with Crippen LogP contribution in [-0.2, 0) is 4.79 Å². The minimum Gasteiger partial charge on any atom is -0.342 e. The van der Waals surface area contributed by atoms with E-state index in [0.717, 1.165) is 6.42 Å². The third-order valence-electron chi connectivity index (χ3n) is 1.25. The van der Waals surface area contributed by atoms with Gasteiger partial charge >= 0.3 is 0 Å². The lowest BCUT2D eigenvalue weighted by Crippen LogP contribution is -2.26. The summed E-state index contributed by atoms with van der Waals surface area (Å²) in [7, 11) is 1.74. The summed E-state index contributed by atoms with van der Waals surface area (Å²) in [5.41, 5.74) is 5.25. The summed E-state index contributed by atoms with van der Waals surface area (Å²) in [5, 5.41) is 0. The Morgan fingerprint density at radius 2 is 2.27 bits per heavy atom. The fourth-order valence-corrected chi connectivity index (χ4v) is 0.594. The number of amides is 1. The Bertz CT molecular complexity index is 128. The molecule has 0 rings (SSSR count). The Morgan fingerprint density at radius 3 is 2.64 bits per heavy atom. The van der Waals surface area contributed by atoms with E-state index in [0.29, 0.717) is 13.1 Å². The Morgan fingerprint density at radius 1 is 1.73 bits per heavy atom. The summed E-state index contributed by atoms with van der Waals surface area (Å²) in [6.07, 6.45) is 2.15. The Labute approximate surface area is 73.7 Å². The van der Waals surface area contributed by atoms with Crippen LogP contribution in [0.3, 0.4) is 0 Å². The Hall–Kier alpha value is -0.540. The number of hydrogen-bond acceptors (Lipinski definition) is 2. The van der Waals surface area contributed by atoms with Gasteiger partial charge in [-0.05, 0) is 19.0 Å². The van der Waals surface area contributed by atoms with Gasteiger partial charge in [0, 0.05) is 13.6 Å². The summed E-state index contributed by atoms with van der Waals surface area (Å²) < 4.78 is 0. The molecule has 0 aromatic carbocycles. The molecule has 11 heavy (non-hydrogen) atoms. The summed E-state index contributed by atoms with van der Waals surface area (Å²) in [6, 6.07) is 0. The number of hydrogen-bond donors (Lipinski definition) is 1. The van der Waals surface area contributed by atoms with Gasteiger partial charge in [0.1, 0.15) is 0 Å². The van der Waals surface area contributed by atoms with Crippen LogP contribution in [-0.4, -0.2) is 30.9 Å². The molecule has 0 aliphatic carbocycles. The van der Waals surface area contributed by atoms with Crippen LogP contribution in [0.25, 0.3) is 0 Å². The zero-order valence-electron chi connectivity index (χ0n) is 6.75. The summed E-state index contributed by atoms with van der Waals surface area (Å²) in [6.45, 7) is 4.70. The van der Waals surface area contributed by atoms with Gasteiger partial charge in [0.2, 0.25) is 5.91 Å². The third kappa shape index (κ3) is 5.88. The molecule has 2 N–H and O–H groups in total. The molecule has 1 amide bonds. The highest BCUT2D eigenvalue weighted by Gasteiger charge is 2.00. The molecule has 0 aliphatic heterocycles. The minimum atomic E-state index is -0.0477. The van der Waals surface area contributed by atoms with Gasteiger partial charge in [-0.25, -0.2) is 0 Å². The van der Waals surface area contributed by atoms with E-state index in [-0.39, 0.29) is 18.3 Å². The van der Waals surface area contributed by atoms with E-state index in [2.05, 4.69) is 6.58 Å². The number of nitrogens with two attached hydrogens (primary N) is 1. The molecular formula is C7H15ClN2O. The first-order valence-corrected chi connectivity index (χ1v) is 3.30. The molecule has 0 aromatic rings. The first-order valence-electron chi connectivity index (χ1n) is 3.30. The maximum atomic E-state index is 10.8. The number of nitrogens with zero attached hydrogens (tertiary/aromatic N) is 1. The highest BCUT2D eigenvalue weighted by atomic mass is 35.5. The molecule has 0 bridgehead atoms. The number of carbonyl (C=O) groups is 1. The molecule has 0 saturated heterocycles. The number of rotatable bonds is 4. The molecule has 0 radical (unpaired) electrons. The lowest BCUT2D eigenvalue weighted by molar-refractivity contribution is -0.124. The highest BCUT2D eigenvalue weighted by molar-refractivity contribution is 5.86. The van der Waals surface area contributed by atoms with Gasteiger partial charge in [-0.15, -0.1) is 12.4 Å². The van der Waals surface area contributed by atoms with E-state index in [1.807, 2.05) is 0 Å². The number of halogens is 1. The molecule has 0 atom stereocenters. The summed E-state index contributed by atoms with van der Waals surface area (Å²) in [5.74, 6) is -0.0477. The van der Waals surface area contributed by atoms with Crippen molar-refractivity contribution in [3.63, 3.8) is 0 Å². The van der Waals surface area contributed by atoms with Crippen molar-refractivity contribution in [2.75, 3.05) is 20.1 Å². The van der Waals surface area contributed by atoms with Crippen molar-refractivity contribution in [3.8, 4) is 0 Å². The average Bonchev–Trinajstić information content (AvgIpc) is 1.98. The predicted molar refractivity (Wildman–Crippen MR) is 48.8 cm³/mol. The predicted octanol–water partition coefficient (Wildman–Crippen LogP) is 0.401. The molecule has 3 nitrogen and oxygen atoms in total. The van der Waals surface area contributed by atoms with Crippen LogP contribution >= 0.6 is 12.4 Å². The van der Waals surface area contributed by atoms with E-state index in [9.17, 15) is 4.79 Å². The molecule has 0 aromatic heterocycles. The van der Waals surface area contributed by atoms with E-state index in [1.54, 1.807) is 11.9 Å². The molecule has 0 heterocycles. The van der Waals surface area contributed by atoms with Crippen molar-refractivity contribution in [3.05, 3.63) is 12.7 Å². The minimum absolute atomic E-state index is 0. The second kappa shape index (κ2) is 7.57. The number of carbonyl (C=O) groups excluding carboxylic acids is 1. The van der Waals surface area contributed by atoms with Gasteiger partial charge in [0.15, 0.2) is 0 Å². The smallest absolute Gasteiger partial charge is 0.245 e. The van der Waals surface area contributed by atoms with E-state index >= 15 is 0 Å². The van der Waals surface area contributed by atoms with E-state index in [1.165, 1.54) is 6.08 Å². The first-order chi connectivity index (χ1) is 4.72. The molecule has 0 aliphatic rings. The van der Waals surface area contributed by atoms with Gasteiger partial charge in [0.05, 0.1) is 0 Å². The number of likely N-dealkylation sites (N-methyl/N-ethyl adjacent to an activating group) is 1. The SMILES string of the molecule is C=CC(=O)N(C)CCCN.Cl. The fourth-order valence-electron chi connectivity index (χ4n) is 0.594. The molecule has 0 fully saturated rings. The lowest BCUT2D eigenvalue weighted by Gasteiger charge is -2.13. The maximum absolute atomic E-state index is 10.8. The van der Waals surface area contributed by atoms with Crippen LogP contribution in [0.4, 0.5) is 0 Å². The monoisotopic (exact) mass is 178 g/mol. The third-order valence-corrected chi connectivity index (χ3v) is 1.25. The van der Waals surface area contributed by atoms with Crippen molar-refractivity contribution < 1.29 is 4.79 Å². The molecule has 0 unspecified atom stereocenters. The van der Waals surface area contributed by atoms with Gasteiger partial charge in [-0.1, -0.05) is 6.58 Å². The van der Waals surface area contributed by atoms with Crippen LogP contribution in [0.5, 0.6) is 0 Å². The van der Waals surface area contributed by atoms with Crippen LogP contribution in [0.1, 0.15) is 6.42 Å². The first kappa shape index (κ1) is 13.1. The van der Waals surface area contributed by atoms with Crippen LogP contribution in [0, 0.1) is 0 Å². The molecule has 66 valence electrons. The van der Waals surface area contributed by atoms with Crippen molar-refractivity contribution in [2.45, 2.75) is 6.42 Å². The quantitative estimate of drug-likeness (QED) is 0.634. The Kier molecular flexibility index (Phi) is 9.00. The zero-order valence-corrected chi connectivity index (χ0v) is 7.56. The second-order valence-corrected chi connectivity index (χ2v) is 2.11. The van der Waals surface area contributed by atoms with Crippen LogP contribution < -0.4 is 5.73 Å². The van der Waals surface area contributed by atoms with Crippen LogP contribution in [0.2, 0.25) is 0 Å². The second-order valence-electron chi connectivity index (χ2n) is 2.11. The largest absolute Gasteiger partial charge is 0.342 e. The van der Waals surface area contributed by atoms with Crippen molar-refractivity contribution in [2.24, 2.45) is 5.73 Å². The Balaban J connectivity index is 0. The zero-order chi connectivity index (χ0) is 7.98. The van der Waals surface area contributed by atoms with Gasteiger partial charge in [-0.3, -0.25) is 4.79 Å². The normalized spacial score (nSPS) is 8.18. The average molecular weight is 179 g/mol. The van der Waals surface area contributed by atoms with E-state index < -0.39 is 0 Å². The van der Waals surface area contributed by atoms with Gasteiger partial charge in [0.25, 0.3) is 0 Å². The van der Waals surface area contributed by atoms with Crippen molar-refractivity contribution in [1.82, 2.24) is 4.90 Å². The molecule has 0 spiro atoms. The molecular weight excluding hydrogens is 164 g/mol. The highest BCUT2D eigenvalue weighted by Crippen LogP contribution is 1.86. The van der Waals surface area contributed by atoms with Crippen LogP contribution in [0.15, 0.2) is 12.7 Å². The summed E-state index contributed by atoms with van der Waals surface area (Å²) >= 11 is 0. The van der Waals surface area contributed by atoms with Gasteiger partial charge in [-0.2, -0.15) is 0 Å². The summed E-state index contributed by atoms with van der Waals surface area (Å²) in [4.78, 5) is 12.4. The molecule has 0 saturated carbocycles. The van der Waals surface area contributed by atoms with Crippen molar-refractivity contribution >= 4 is 18.3 Å². The fraction of sp³-hybridized carbons (Fsp3) is 0.571. The topological polar surface area (TPSA) is 46.3 Å². The van der Waals surface area contributed by atoms with E-state index in [4.69, 9.17) is 5.73 Å². The standard InChI is InChI=1S/C7H14N2O.ClH/c1-3-7(10)9(2)6-4-5-8;/h3H,1,4-6,8H2,2H3;1H. The van der Waals surface area contributed by atoms with Gasteiger partial charge < -0.3 is 10.6 Å². The van der Waals surface area contributed by atoms with Crippen molar-refractivity contribution in [1.29, 1.82) is 0 Å². The lowest BCUT2D eigenvalue weighted by atomic mass is 10.4.